The van der Waals surface area contributed by atoms with Gasteiger partial charge in [0.1, 0.15) is 9.63 Å². The fourth-order valence-corrected chi connectivity index (χ4v) is 4.92. The molecule has 0 aliphatic rings. The lowest BCUT2D eigenvalue weighted by Gasteiger charge is -2.09. The number of nitrogens with zero attached hydrogens (tertiary/aromatic N) is 2. The van der Waals surface area contributed by atoms with Gasteiger partial charge in [0.05, 0.1) is 0 Å². The van der Waals surface area contributed by atoms with Gasteiger partial charge in [0.15, 0.2) is 0 Å². The van der Waals surface area contributed by atoms with E-state index in [0.717, 1.165) is 23.5 Å². The lowest BCUT2D eigenvalue weighted by molar-refractivity contribution is 1.13. The summed E-state index contributed by atoms with van der Waals surface area (Å²) in [5.74, 6) is 0. The van der Waals surface area contributed by atoms with E-state index in [0.29, 0.717) is 0 Å². The second kappa shape index (κ2) is 15.7. The highest BCUT2D eigenvalue weighted by Gasteiger charge is 2.20. The Hall–Kier alpha value is -0.250. The molecule has 0 unspecified atom stereocenters. The summed E-state index contributed by atoms with van der Waals surface area (Å²) in [6.45, 7) is 0. The van der Waals surface area contributed by atoms with Gasteiger partial charge < -0.3 is 0 Å². The molecule has 33 heavy (non-hydrogen) atoms. The van der Waals surface area contributed by atoms with E-state index in [1.54, 1.807) is 24.2 Å². The molecule has 0 saturated heterocycles. The third kappa shape index (κ3) is 14.0. The number of benzene rings is 2. The van der Waals surface area contributed by atoms with Gasteiger partial charge in [-0.25, -0.2) is 9.97 Å². The highest BCUT2D eigenvalue weighted by molar-refractivity contribution is 9.11. The van der Waals surface area contributed by atoms with E-state index in [9.17, 15) is 0 Å². The number of halogens is 6. The van der Waals surface area contributed by atoms with Crippen molar-refractivity contribution in [3.8, 4) is 0 Å². The predicted molar refractivity (Wildman–Crippen MR) is 155 cm³/mol. The van der Waals surface area contributed by atoms with Crippen LogP contribution in [0.15, 0.2) is 126 Å². The van der Waals surface area contributed by atoms with E-state index < -0.39 is 3.12 Å². The second-order valence-corrected chi connectivity index (χ2v) is 13.9. The summed E-state index contributed by atoms with van der Waals surface area (Å²) in [4.78, 5) is 10.3. The van der Waals surface area contributed by atoms with E-state index in [1.807, 2.05) is 72.8 Å². The molecule has 0 saturated carbocycles. The number of aromatic nitrogens is 2. The largest absolute Gasteiger partial charge is 0.250 e. The SMILES string of the molecule is Brc1ccc(Sc2ccccn2)cc1.Brc1ccccn1.ClC(Cl)(Cl)Sc1ccc(Br)cc1. The normalized spacial score (nSPS) is 10.4. The molecule has 0 fully saturated rings. The highest BCUT2D eigenvalue weighted by atomic mass is 79.9. The molecule has 0 aliphatic carbocycles. The minimum absolute atomic E-state index is 0.884. The van der Waals surface area contributed by atoms with Crippen LogP contribution in [0.1, 0.15) is 0 Å². The number of pyridine rings is 2. The van der Waals surface area contributed by atoms with Gasteiger partial charge in [0.25, 0.3) is 0 Å². The molecule has 0 bridgehead atoms. The molecule has 10 heteroatoms. The Kier molecular flexibility index (Phi) is 13.8. The Morgan fingerprint density at radius 3 is 1.52 bits per heavy atom. The third-order valence-corrected chi connectivity index (χ3v) is 7.27. The minimum atomic E-state index is -1.28. The van der Waals surface area contributed by atoms with Crippen molar-refractivity contribution >= 4 is 106 Å². The molecule has 4 aromatic rings. The van der Waals surface area contributed by atoms with Crippen LogP contribution in [0.25, 0.3) is 0 Å². The maximum atomic E-state index is 5.59. The maximum absolute atomic E-state index is 5.59. The van der Waals surface area contributed by atoms with Crippen molar-refractivity contribution in [1.29, 1.82) is 0 Å². The van der Waals surface area contributed by atoms with Crippen LogP contribution in [0.2, 0.25) is 0 Å². The molecule has 0 spiro atoms. The number of alkyl halides is 3. The number of hydrogen-bond acceptors (Lipinski definition) is 4. The zero-order valence-electron chi connectivity index (χ0n) is 16.7. The Balaban J connectivity index is 0.000000185. The smallest absolute Gasteiger partial charge is 0.241 e. The van der Waals surface area contributed by atoms with Gasteiger partial charge in [0, 0.05) is 31.1 Å². The Bertz CT molecular complexity index is 1070. The first-order valence-electron chi connectivity index (χ1n) is 9.13. The fraction of sp³-hybridized carbons (Fsp3) is 0.0435. The second-order valence-electron chi connectivity index (χ2n) is 5.88. The zero-order chi connectivity index (χ0) is 24.1. The Morgan fingerprint density at radius 1 is 0.606 bits per heavy atom. The predicted octanol–water partition coefficient (Wildman–Crippen LogP) is 10.7. The van der Waals surface area contributed by atoms with Crippen molar-refractivity contribution in [3.05, 3.63) is 111 Å². The van der Waals surface area contributed by atoms with E-state index in [-0.39, 0.29) is 0 Å². The first-order valence-corrected chi connectivity index (χ1v) is 14.3. The van der Waals surface area contributed by atoms with Crippen molar-refractivity contribution in [2.75, 3.05) is 0 Å². The van der Waals surface area contributed by atoms with Crippen LogP contribution in [-0.2, 0) is 0 Å². The topological polar surface area (TPSA) is 25.8 Å². The van der Waals surface area contributed by atoms with Crippen LogP contribution in [0.5, 0.6) is 0 Å². The van der Waals surface area contributed by atoms with Crippen molar-refractivity contribution in [2.45, 2.75) is 17.9 Å². The summed E-state index contributed by atoms with van der Waals surface area (Å²) in [7, 11) is 0. The van der Waals surface area contributed by atoms with Crippen LogP contribution in [0.3, 0.4) is 0 Å². The van der Waals surface area contributed by atoms with Crippen molar-refractivity contribution in [2.24, 2.45) is 0 Å². The molecule has 0 amide bonds. The quantitative estimate of drug-likeness (QED) is 0.119. The summed E-state index contributed by atoms with van der Waals surface area (Å²) in [6.07, 6.45) is 3.55. The lowest BCUT2D eigenvalue weighted by Crippen LogP contribution is -1.92. The standard InChI is InChI=1S/C11H8BrNS.C7H4BrCl3S.C5H4BrN/c12-9-4-6-10(7-5-9)14-11-3-1-2-8-13-11;8-5-1-3-6(4-2-5)12-7(9,10)11;6-5-3-1-2-4-7-5/h1-8H;1-4H;1-4H. The minimum Gasteiger partial charge on any atom is -0.250 e. The lowest BCUT2D eigenvalue weighted by atomic mass is 10.4. The van der Waals surface area contributed by atoms with Gasteiger partial charge >= 0.3 is 0 Å². The van der Waals surface area contributed by atoms with E-state index in [2.05, 4.69) is 69.9 Å². The van der Waals surface area contributed by atoms with Gasteiger partial charge in [-0.05, 0) is 88.7 Å². The van der Waals surface area contributed by atoms with Crippen LogP contribution in [0, 0.1) is 0 Å². The maximum Gasteiger partial charge on any atom is 0.241 e. The summed E-state index contributed by atoms with van der Waals surface area (Å²) in [5.41, 5.74) is 0. The Labute approximate surface area is 242 Å². The fourth-order valence-electron chi connectivity index (χ4n) is 2.01. The van der Waals surface area contributed by atoms with Crippen molar-refractivity contribution < 1.29 is 0 Å². The molecule has 4 rings (SSSR count). The summed E-state index contributed by atoms with van der Waals surface area (Å²) in [5, 5.41) is 1.02. The average Bonchev–Trinajstić information content (AvgIpc) is 2.78. The van der Waals surface area contributed by atoms with E-state index in [1.165, 1.54) is 16.7 Å². The number of hydrogen-bond donors (Lipinski definition) is 0. The molecule has 0 N–H and O–H groups in total. The van der Waals surface area contributed by atoms with Crippen LogP contribution in [-0.4, -0.2) is 13.1 Å². The van der Waals surface area contributed by atoms with Gasteiger partial charge in [0.2, 0.25) is 3.12 Å². The van der Waals surface area contributed by atoms with Crippen LogP contribution >= 0.6 is 106 Å². The molecule has 172 valence electrons. The summed E-state index contributed by atoms with van der Waals surface area (Å²) < 4.78 is 1.71. The Morgan fingerprint density at radius 2 is 1.12 bits per heavy atom. The zero-order valence-corrected chi connectivity index (χ0v) is 25.4. The van der Waals surface area contributed by atoms with Gasteiger partial charge in [-0.15, -0.1) is 0 Å². The molecule has 0 radical (unpaired) electrons. The molecule has 2 aromatic carbocycles. The van der Waals surface area contributed by atoms with Crippen molar-refractivity contribution in [1.82, 2.24) is 9.97 Å². The molecule has 0 aliphatic heterocycles. The van der Waals surface area contributed by atoms with Crippen LogP contribution in [0.4, 0.5) is 0 Å². The number of thioether (sulfide) groups is 1. The molecule has 2 heterocycles. The van der Waals surface area contributed by atoms with Crippen LogP contribution < -0.4 is 0 Å². The molecule has 2 aromatic heterocycles. The summed E-state index contributed by atoms with van der Waals surface area (Å²) in [6, 6.07) is 27.4. The molecule has 2 nitrogen and oxygen atoms in total. The summed E-state index contributed by atoms with van der Waals surface area (Å²) >= 11 is 29.5. The highest BCUT2D eigenvalue weighted by Crippen LogP contribution is 2.43. The molecular weight excluding hydrogens is 714 g/mol. The van der Waals surface area contributed by atoms with E-state index in [4.69, 9.17) is 34.8 Å². The molecule has 0 atom stereocenters. The molecular formula is C23H16Br3Cl3N2S2. The van der Waals surface area contributed by atoms with E-state index >= 15 is 0 Å². The third-order valence-electron chi connectivity index (χ3n) is 3.35. The van der Waals surface area contributed by atoms with Gasteiger partial charge in [-0.1, -0.05) is 102 Å². The number of rotatable bonds is 3. The van der Waals surface area contributed by atoms with Gasteiger partial charge in [-0.3, -0.25) is 0 Å². The average molecular weight is 731 g/mol. The van der Waals surface area contributed by atoms with Gasteiger partial charge in [-0.2, -0.15) is 0 Å². The first-order chi connectivity index (χ1) is 15.7. The first kappa shape index (κ1) is 29.0. The monoisotopic (exact) mass is 726 g/mol. The van der Waals surface area contributed by atoms with Crippen molar-refractivity contribution in [3.63, 3.8) is 0 Å².